The molecule has 0 amide bonds. The predicted molar refractivity (Wildman–Crippen MR) is 108 cm³/mol. The Labute approximate surface area is 181 Å². The second-order valence-corrected chi connectivity index (χ2v) is 7.61. The Morgan fingerprint density at radius 1 is 1.22 bits per heavy atom. The van der Waals surface area contributed by atoms with Gasteiger partial charge in [-0.1, -0.05) is 24.2 Å². The van der Waals surface area contributed by atoms with Crippen LogP contribution in [0.15, 0.2) is 35.1 Å². The number of hydrogen-bond acceptors (Lipinski definition) is 7. The number of aromatic nitrogens is 4. The van der Waals surface area contributed by atoms with Gasteiger partial charge in [0, 0.05) is 13.5 Å². The summed E-state index contributed by atoms with van der Waals surface area (Å²) in [5.74, 6) is 0.269. The van der Waals surface area contributed by atoms with Crippen molar-refractivity contribution in [2.75, 3.05) is 16.8 Å². The van der Waals surface area contributed by atoms with Gasteiger partial charge in [-0.05, 0) is 37.0 Å². The summed E-state index contributed by atoms with van der Waals surface area (Å²) in [6.45, 7) is 4.09. The largest absolute Gasteiger partial charge is 0.416 e. The molecule has 1 saturated heterocycles. The molecule has 3 heterocycles. The van der Waals surface area contributed by atoms with E-state index in [9.17, 15) is 13.2 Å². The molecule has 0 saturated carbocycles. The van der Waals surface area contributed by atoms with E-state index in [0.29, 0.717) is 36.7 Å². The van der Waals surface area contributed by atoms with Crippen LogP contribution in [-0.4, -0.2) is 26.7 Å². The standard InChI is InChI=1S/C21H22F4N6O/c1-3-15(18-28-12(2)32-30-18)29-19-17(22)20(27-11-26-19)31-10-4-5-16(31)13-6-8-14(9-7-13)21(23,24)25/h6-9,11,15-16H,3-5,10H2,1-2H3,(H,26,27,29). The molecular formula is C21H22F4N6O. The van der Waals surface area contributed by atoms with Crippen LogP contribution >= 0.6 is 0 Å². The zero-order valence-corrected chi connectivity index (χ0v) is 17.5. The van der Waals surface area contributed by atoms with Crippen molar-refractivity contribution in [3.63, 3.8) is 0 Å². The van der Waals surface area contributed by atoms with E-state index in [4.69, 9.17) is 4.52 Å². The quantitative estimate of drug-likeness (QED) is 0.515. The third-order valence-electron chi connectivity index (χ3n) is 5.49. The fourth-order valence-electron chi connectivity index (χ4n) is 3.89. The Morgan fingerprint density at radius 2 is 1.97 bits per heavy atom. The van der Waals surface area contributed by atoms with E-state index in [2.05, 4.69) is 25.4 Å². The van der Waals surface area contributed by atoms with Crippen molar-refractivity contribution < 1.29 is 22.1 Å². The number of benzene rings is 1. The van der Waals surface area contributed by atoms with Crippen LogP contribution in [0.5, 0.6) is 0 Å². The van der Waals surface area contributed by atoms with Crippen molar-refractivity contribution in [2.45, 2.75) is 51.4 Å². The van der Waals surface area contributed by atoms with E-state index >= 15 is 4.39 Å². The molecule has 4 rings (SSSR count). The van der Waals surface area contributed by atoms with Crippen molar-refractivity contribution in [3.8, 4) is 0 Å². The second kappa shape index (κ2) is 8.71. The summed E-state index contributed by atoms with van der Waals surface area (Å²) >= 11 is 0. The van der Waals surface area contributed by atoms with Gasteiger partial charge in [0.05, 0.1) is 17.6 Å². The van der Waals surface area contributed by atoms with Gasteiger partial charge in [0.1, 0.15) is 6.33 Å². The molecule has 2 aromatic heterocycles. The fraction of sp³-hybridized carbons (Fsp3) is 0.429. The van der Waals surface area contributed by atoms with Crippen LogP contribution in [0, 0.1) is 12.7 Å². The number of anilines is 2. The Hall–Kier alpha value is -3.24. The highest BCUT2D eigenvalue weighted by Crippen LogP contribution is 2.38. The Morgan fingerprint density at radius 3 is 2.59 bits per heavy atom. The topological polar surface area (TPSA) is 80.0 Å². The fourth-order valence-corrected chi connectivity index (χ4v) is 3.89. The van der Waals surface area contributed by atoms with Crippen molar-refractivity contribution in [1.82, 2.24) is 20.1 Å². The molecule has 0 radical (unpaired) electrons. The molecule has 1 aliphatic heterocycles. The molecule has 32 heavy (non-hydrogen) atoms. The molecule has 1 N–H and O–H groups in total. The summed E-state index contributed by atoms with van der Waals surface area (Å²) in [5.41, 5.74) is -0.0375. The van der Waals surface area contributed by atoms with Crippen LogP contribution in [0.25, 0.3) is 0 Å². The summed E-state index contributed by atoms with van der Waals surface area (Å²) in [4.78, 5) is 14.1. The maximum atomic E-state index is 15.4. The number of alkyl halides is 3. The van der Waals surface area contributed by atoms with Crippen LogP contribution < -0.4 is 10.2 Å². The highest BCUT2D eigenvalue weighted by Gasteiger charge is 2.33. The molecule has 1 aliphatic rings. The molecule has 0 spiro atoms. The second-order valence-electron chi connectivity index (χ2n) is 7.61. The summed E-state index contributed by atoms with van der Waals surface area (Å²) in [5, 5.41) is 6.89. The predicted octanol–water partition coefficient (Wildman–Crippen LogP) is 5.23. The van der Waals surface area contributed by atoms with E-state index in [0.717, 1.165) is 18.6 Å². The normalized spacial score (nSPS) is 17.6. The lowest BCUT2D eigenvalue weighted by Crippen LogP contribution is -2.26. The first-order valence-electron chi connectivity index (χ1n) is 10.3. The lowest BCUT2D eigenvalue weighted by molar-refractivity contribution is -0.137. The number of halogens is 4. The van der Waals surface area contributed by atoms with E-state index < -0.39 is 23.6 Å². The van der Waals surface area contributed by atoms with Gasteiger partial charge in [-0.25, -0.2) is 9.97 Å². The van der Waals surface area contributed by atoms with E-state index in [1.165, 1.54) is 18.5 Å². The minimum atomic E-state index is -4.40. The van der Waals surface area contributed by atoms with E-state index in [-0.39, 0.29) is 17.7 Å². The molecular weight excluding hydrogens is 428 g/mol. The van der Waals surface area contributed by atoms with Gasteiger partial charge in [-0.2, -0.15) is 22.5 Å². The van der Waals surface area contributed by atoms with Gasteiger partial charge in [0.15, 0.2) is 17.5 Å². The summed E-state index contributed by atoms with van der Waals surface area (Å²) in [6.07, 6.45) is -1.14. The Kier molecular flexibility index (Phi) is 5.98. The van der Waals surface area contributed by atoms with Crippen LogP contribution in [-0.2, 0) is 6.18 Å². The van der Waals surface area contributed by atoms with E-state index in [1.54, 1.807) is 11.8 Å². The summed E-state index contributed by atoms with van der Waals surface area (Å²) in [7, 11) is 0. The maximum absolute atomic E-state index is 15.4. The van der Waals surface area contributed by atoms with Gasteiger partial charge in [-0.15, -0.1) is 0 Å². The van der Waals surface area contributed by atoms with Gasteiger partial charge >= 0.3 is 6.18 Å². The number of nitrogens with one attached hydrogen (secondary N) is 1. The lowest BCUT2D eigenvalue weighted by Gasteiger charge is -2.27. The Bertz CT molecular complexity index is 1070. The highest BCUT2D eigenvalue weighted by molar-refractivity contribution is 5.53. The number of hydrogen-bond donors (Lipinski definition) is 1. The average molecular weight is 450 g/mol. The Balaban J connectivity index is 1.59. The number of aryl methyl sites for hydroxylation is 1. The molecule has 11 heteroatoms. The lowest BCUT2D eigenvalue weighted by atomic mass is 10.0. The average Bonchev–Trinajstić information content (AvgIpc) is 3.42. The van der Waals surface area contributed by atoms with Crippen molar-refractivity contribution >= 4 is 11.6 Å². The molecule has 3 aromatic rings. The van der Waals surface area contributed by atoms with Crippen LogP contribution in [0.2, 0.25) is 0 Å². The molecule has 2 atom stereocenters. The zero-order valence-electron chi connectivity index (χ0n) is 17.5. The third kappa shape index (κ3) is 4.37. The molecule has 7 nitrogen and oxygen atoms in total. The maximum Gasteiger partial charge on any atom is 0.416 e. The van der Waals surface area contributed by atoms with Gasteiger partial charge in [0.25, 0.3) is 0 Å². The molecule has 1 aromatic carbocycles. The van der Waals surface area contributed by atoms with Crippen molar-refractivity contribution in [1.29, 1.82) is 0 Å². The van der Waals surface area contributed by atoms with Crippen LogP contribution in [0.1, 0.15) is 61.1 Å². The molecule has 0 bridgehead atoms. The first-order chi connectivity index (χ1) is 15.3. The minimum Gasteiger partial charge on any atom is -0.357 e. The van der Waals surface area contributed by atoms with Crippen molar-refractivity contribution in [2.24, 2.45) is 0 Å². The smallest absolute Gasteiger partial charge is 0.357 e. The van der Waals surface area contributed by atoms with Crippen molar-refractivity contribution in [3.05, 3.63) is 59.3 Å². The monoisotopic (exact) mass is 450 g/mol. The number of rotatable bonds is 6. The van der Waals surface area contributed by atoms with Crippen LogP contribution in [0.4, 0.5) is 29.2 Å². The highest BCUT2D eigenvalue weighted by atomic mass is 19.4. The molecule has 170 valence electrons. The molecule has 1 fully saturated rings. The van der Waals surface area contributed by atoms with Gasteiger partial charge < -0.3 is 14.7 Å². The van der Waals surface area contributed by atoms with Gasteiger partial charge in [-0.3, -0.25) is 0 Å². The summed E-state index contributed by atoms with van der Waals surface area (Å²) < 4.78 is 59.1. The summed E-state index contributed by atoms with van der Waals surface area (Å²) in [6, 6.07) is 4.29. The van der Waals surface area contributed by atoms with Gasteiger partial charge in [0.2, 0.25) is 11.7 Å². The first kappa shape index (κ1) is 22.0. The zero-order chi connectivity index (χ0) is 22.9. The number of nitrogens with zero attached hydrogens (tertiary/aromatic N) is 5. The minimum absolute atomic E-state index is 0.00220. The van der Waals surface area contributed by atoms with E-state index in [1.807, 2.05) is 6.92 Å². The van der Waals surface area contributed by atoms with Crippen LogP contribution in [0.3, 0.4) is 0 Å². The SMILES string of the molecule is CCC(Nc1ncnc(N2CCCC2c2ccc(C(F)(F)F)cc2)c1F)c1noc(C)n1. The molecule has 2 unspecified atom stereocenters. The third-order valence-corrected chi connectivity index (χ3v) is 5.49. The first-order valence-corrected chi connectivity index (χ1v) is 10.3. The molecule has 0 aliphatic carbocycles.